The summed E-state index contributed by atoms with van der Waals surface area (Å²) < 4.78 is 18.0. The molecule has 126 valence electrons. The molecule has 0 unspecified atom stereocenters. The van der Waals surface area contributed by atoms with E-state index in [2.05, 4.69) is 15.8 Å². The number of hydrogen-bond donors (Lipinski definition) is 3. The van der Waals surface area contributed by atoms with Gasteiger partial charge >= 0.3 is 0 Å². The van der Waals surface area contributed by atoms with Crippen LogP contribution in [0.2, 0.25) is 0 Å². The number of aromatic hydroxyl groups is 1. The van der Waals surface area contributed by atoms with Gasteiger partial charge in [0, 0.05) is 12.1 Å². The van der Waals surface area contributed by atoms with E-state index in [1.54, 1.807) is 38.3 Å². The summed E-state index contributed by atoms with van der Waals surface area (Å²) in [4.78, 5) is 0. The average molecular weight is 347 g/mol. The summed E-state index contributed by atoms with van der Waals surface area (Å²) in [7, 11) is 1.55. The molecule has 0 aliphatic rings. The molecule has 0 radical (unpaired) electrons. The number of rotatable bonds is 5. The Kier molecular flexibility index (Phi) is 6.08. The van der Waals surface area contributed by atoms with E-state index in [1.165, 1.54) is 18.2 Å². The third-order valence-electron chi connectivity index (χ3n) is 3.28. The van der Waals surface area contributed by atoms with E-state index < -0.39 is 0 Å². The molecule has 0 heterocycles. The van der Waals surface area contributed by atoms with Crippen molar-refractivity contribution in [1.29, 1.82) is 0 Å². The molecule has 0 saturated heterocycles. The Morgan fingerprint density at radius 2 is 1.96 bits per heavy atom. The van der Waals surface area contributed by atoms with E-state index in [0.717, 1.165) is 5.56 Å². The molecule has 2 aromatic rings. The first kappa shape index (κ1) is 17.7. The lowest BCUT2D eigenvalue weighted by Gasteiger charge is -2.10. The van der Waals surface area contributed by atoms with E-state index >= 15 is 0 Å². The molecule has 2 aromatic carbocycles. The second-order valence-corrected chi connectivity index (χ2v) is 5.41. The fourth-order valence-electron chi connectivity index (χ4n) is 1.95. The molecule has 0 atom stereocenters. The molecule has 0 aromatic heterocycles. The predicted molar refractivity (Wildman–Crippen MR) is 95.8 cm³/mol. The van der Waals surface area contributed by atoms with Gasteiger partial charge in [-0.25, -0.2) is 4.39 Å². The van der Waals surface area contributed by atoms with Crippen LogP contribution in [0, 0.1) is 5.82 Å². The summed E-state index contributed by atoms with van der Waals surface area (Å²) >= 11 is 5.14. The number of ether oxygens (including phenoxy) is 1. The topological polar surface area (TPSA) is 65.9 Å². The van der Waals surface area contributed by atoms with Crippen molar-refractivity contribution in [3.8, 4) is 11.5 Å². The molecule has 0 fully saturated rings. The fourth-order valence-corrected chi connectivity index (χ4v) is 2.07. The van der Waals surface area contributed by atoms with Crippen LogP contribution in [0.4, 0.5) is 4.39 Å². The average Bonchev–Trinajstić information content (AvgIpc) is 2.59. The predicted octanol–water partition coefficient (Wildman–Crippen LogP) is 2.93. The Hall–Kier alpha value is -2.67. The highest BCUT2D eigenvalue weighted by Crippen LogP contribution is 2.23. The van der Waals surface area contributed by atoms with Crippen LogP contribution in [-0.4, -0.2) is 23.0 Å². The summed E-state index contributed by atoms with van der Waals surface area (Å²) in [6.45, 7) is 2.19. The highest BCUT2D eigenvalue weighted by atomic mass is 32.1. The third-order valence-corrected chi connectivity index (χ3v) is 3.52. The van der Waals surface area contributed by atoms with Gasteiger partial charge in [-0.3, -0.25) is 5.43 Å². The van der Waals surface area contributed by atoms with Gasteiger partial charge in [0.2, 0.25) is 0 Å². The molecule has 0 aliphatic carbocycles. The zero-order chi connectivity index (χ0) is 17.5. The maximum atomic E-state index is 12.8. The maximum absolute atomic E-state index is 12.8. The van der Waals surface area contributed by atoms with Gasteiger partial charge in [0.05, 0.1) is 12.8 Å². The molecule has 24 heavy (non-hydrogen) atoms. The van der Waals surface area contributed by atoms with E-state index in [0.29, 0.717) is 28.7 Å². The number of hydrazone groups is 1. The molecular weight excluding hydrogens is 329 g/mol. The molecule has 5 nitrogen and oxygen atoms in total. The van der Waals surface area contributed by atoms with Crippen LogP contribution >= 0.6 is 12.2 Å². The van der Waals surface area contributed by atoms with Crippen molar-refractivity contribution in [3.05, 3.63) is 59.4 Å². The first-order chi connectivity index (χ1) is 11.5. The summed E-state index contributed by atoms with van der Waals surface area (Å²) in [6, 6.07) is 11.0. The normalized spacial score (nSPS) is 11.0. The first-order valence-corrected chi connectivity index (χ1v) is 7.60. The number of methoxy groups -OCH3 is 1. The van der Waals surface area contributed by atoms with Crippen LogP contribution in [0.25, 0.3) is 0 Å². The highest BCUT2D eigenvalue weighted by Gasteiger charge is 2.07. The molecule has 0 aliphatic heterocycles. The molecule has 0 amide bonds. The minimum absolute atomic E-state index is 0.101. The number of hydrogen-bond acceptors (Lipinski definition) is 4. The SMILES string of the molecule is COc1ccc(O)c(/C(C)=N/NC(=S)NCc2ccc(F)cc2)c1. The second-order valence-electron chi connectivity index (χ2n) is 5.00. The van der Waals surface area contributed by atoms with Crippen molar-refractivity contribution in [3.63, 3.8) is 0 Å². The van der Waals surface area contributed by atoms with Crippen LogP contribution < -0.4 is 15.5 Å². The summed E-state index contributed by atoms with van der Waals surface area (Å²) in [6.07, 6.45) is 0. The minimum atomic E-state index is -0.280. The molecule has 2 rings (SSSR count). The minimum Gasteiger partial charge on any atom is -0.507 e. The number of halogens is 1. The lowest BCUT2D eigenvalue weighted by molar-refractivity contribution is 0.412. The fraction of sp³-hybridized carbons (Fsp3) is 0.176. The van der Waals surface area contributed by atoms with Crippen molar-refractivity contribution in [1.82, 2.24) is 10.7 Å². The van der Waals surface area contributed by atoms with Crippen molar-refractivity contribution in [2.45, 2.75) is 13.5 Å². The lowest BCUT2D eigenvalue weighted by Crippen LogP contribution is -2.32. The number of nitrogens with zero attached hydrogens (tertiary/aromatic N) is 1. The monoisotopic (exact) mass is 347 g/mol. The zero-order valence-corrected chi connectivity index (χ0v) is 14.2. The Labute approximate surface area is 145 Å². The van der Waals surface area contributed by atoms with Crippen molar-refractivity contribution >= 4 is 23.0 Å². The smallest absolute Gasteiger partial charge is 0.187 e. The second kappa shape index (κ2) is 8.26. The Morgan fingerprint density at radius 3 is 2.62 bits per heavy atom. The van der Waals surface area contributed by atoms with E-state index in [9.17, 15) is 9.50 Å². The van der Waals surface area contributed by atoms with Crippen LogP contribution in [0.1, 0.15) is 18.1 Å². The molecule has 3 N–H and O–H groups in total. The van der Waals surface area contributed by atoms with Gasteiger partial charge in [0.15, 0.2) is 5.11 Å². The standard InChI is InChI=1S/C17H18FN3O2S/c1-11(15-9-14(23-2)7-8-16(15)22)20-21-17(24)19-10-12-3-5-13(18)6-4-12/h3-9,22H,10H2,1-2H3,(H2,19,21,24)/b20-11+. The largest absolute Gasteiger partial charge is 0.507 e. The zero-order valence-electron chi connectivity index (χ0n) is 13.3. The molecule has 0 spiro atoms. The maximum Gasteiger partial charge on any atom is 0.187 e. The lowest BCUT2D eigenvalue weighted by atomic mass is 10.1. The van der Waals surface area contributed by atoms with Crippen molar-refractivity contribution in [2.75, 3.05) is 7.11 Å². The van der Waals surface area contributed by atoms with Gasteiger partial charge in [-0.15, -0.1) is 0 Å². The highest BCUT2D eigenvalue weighted by molar-refractivity contribution is 7.80. The Bertz CT molecular complexity index is 748. The third kappa shape index (κ3) is 4.92. The number of phenols is 1. The molecule has 0 bridgehead atoms. The van der Waals surface area contributed by atoms with Crippen LogP contribution in [-0.2, 0) is 6.54 Å². The molecule has 0 saturated carbocycles. The van der Waals surface area contributed by atoms with Gasteiger partial charge in [0.25, 0.3) is 0 Å². The summed E-state index contributed by atoms with van der Waals surface area (Å²) in [5.74, 6) is 0.441. The van der Waals surface area contributed by atoms with Gasteiger partial charge < -0.3 is 15.2 Å². The van der Waals surface area contributed by atoms with E-state index in [-0.39, 0.29) is 11.6 Å². The number of nitrogens with one attached hydrogen (secondary N) is 2. The van der Waals surface area contributed by atoms with E-state index in [1.807, 2.05) is 0 Å². The van der Waals surface area contributed by atoms with Gasteiger partial charge in [-0.2, -0.15) is 5.10 Å². The van der Waals surface area contributed by atoms with Crippen LogP contribution in [0.5, 0.6) is 11.5 Å². The summed E-state index contributed by atoms with van der Waals surface area (Å²) in [5, 5.41) is 17.3. The number of benzene rings is 2. The van der Waals surface area contributed by atoms with Gasteiger partial charge in [0.1, 0.15) is 17.3 Å². The van der Waals surface area contributed by atoms with Crippen LogP contribution in [0.3, 0.4) is 0 Å². The van der Waals surface area contributed by atoms with E-state index in [4.69, 9.17) is 17.0 Å². The van der Waals surface area contributed by atoms with Crippen molar-refractivity contribution < 1.29 is 14.2 Å². The number of phenolic OH excluding ortho intramolecular Hbond substituents is 1. The van der Waals surface area contributed by atoms with Crippen molar-refractivity contribution in [2.24, 2.45) is 5.10 Å². The van der Waals surface area contributed by atoms with Gasteiger partial charge in [-0.1, -0.05) is 12.1 Å². The van der Waals surface area contributed by atoms with Crippen LogP contribution in [0.15, 0.2) is 47.6 Å². The molecular formula is C17H18FN3O2S. The quantitative estimate of drug-likeness (QED) is 0.441. The first-order valence-electron chi connectivity index (χ1n) is 7.19. The molecule has 7 heteroatoms. The Morgan fingerprint density at radius 1 is 1.25 bits per heavy atom. The number of thiocarbonyl (C=S) groups is 1. The Balaban J connectivity index is 1.94. The summed E-state index contributed by atoms with van der Waals surface area (Å²) in [5.41, 5.74) is 4.70. The van der Waals surface area contributed by atoms with Gasteiger partial charge in [-0.05, 0) is 55.0 Å².